The second-order valence-electron chi connectivity index (χ2n) is 4.37. The molecule has 0 bridgehead atoms. The molecule has 0 aromatic carbocycles. The van der Waals surface area contributed by atoms with Crippen molar-refractivity contribution in [2.45, 2.75) is 31.1 Å². The number of likely N-dealkylation sites (tertiary alicyclic amines) is 1. The van der Waals surface area contributed by atoms with E-state index < -0.39 is 20.6 Å². The third-order valence-electron chi connectivity index (χ3n) is 2.90. The van der Waals surface area contributed by atoms with Gasteiger partial charge < -0.3 is 24.5 Å². The van der Waals surface area contributed by atoms with E-state index in [1.54, 1.807) is 4.90 Å². The summed E-state index contributed by atoms with van der Waals surface area (Å²) < 4.78 is 22.2. The number of rotatable bonds is 4. The maximum absolute atomic E-state index is 11.1. The summed E-state index contributed by atoms with van der Waals surface area (Å²) >= 11 is 0. The summed E-state index contributed by atoms with van der Waals surface area (Å²) in [4.78, 5) is 37.8. The highest BCUT2D eigenvalue weighted by Crippen LogP contribution is 2.59. The first-order valence-corrected chi connectivity index (χ1v) is 8.90. The summed E-state index contributed by atoms with van der Waals surface area (Å²) in [5.74, 6) is 0. The zero-order chi connectivity index (χ0) is 13.1. The second-order valence-corrected chi connectivity index (χ2v) is 8.38. The van der Waals surface area contributed by atoms with E-state index in [4.69, 9.17) is 19.6 Å². The lowest BCUT2D eigenvalue weighted by Gasteiger charge is -2.27. The number of hydrogen-bond acceptors (Lipinski definition) is 3. The smallest absolute Gasteiger partial charge is 0.324 e. The predicted octanol–water partition coefficient (Wildman–Crippen LogP) is 0.544. The van der Waals surface area contributed by atoms with Gasteiger partial charge in [0.25, 0.3) is 0 Å². The number of hydrogen-bond donors (Lipinski definition) is 4. The average molecular weight is 287 g/mol. The molecule has 0 saturated carbocycles. The summed E-state index contributed by atoms with van der Waals surface area (Å²) in [7, 11) is -9.57. The molecule has 0 aromatic rings. The Morgan fingerprint density at radius 2 is 1.29 bits per heavy atom. The third kappa shape index (κ3) is 5.18. The first-order valence-electron chi connectivity index (χ1n) is 5.54. The molecule has 0 radical (unpaired) electrons. The van der Waals surface area contributed by atoms with Crippen molar-refractivity contribution in [3.05, 3.63) is 0 Å². The molecule has 102 valence electrons. The van der Waals surface area contributed by atoms with Gasteiger partial charge in [-0.15, -0.1) is 0 Å². The van der Waals surface area contributed by atoms with Crippen molar-refractivity contribution in [1.82, 2.24) is 4.90 Å². The lowest BCUT2D eigenvalue weighted by molar-refractivity contribution is 0.266. The largest absolute Gasteiger partial charge is 0.342 e. The molecular weight excluding hydrogens is 268 g/mol. The zero-order valence-electron chi connectivity index (χ0n) is 9.47. The highest BCUT2D eigenvalue weighted by Gasteiger charge is 2.44. The lowest BCUT2D eigenvalue weighted by Crippen LogP contribution is -2.33. The molecule has 9 heteroatoms. The molecule has 4 N–H and O–H groups in total. The van der Waals surface area contributed by atoms with Gasteiger partial charge in [0.15, 0.2) is 5.40 Å². The molecule has 17 heavy (non-hydrogen) atoms. The van der Waals surface area contributed by atoms with Crippen molar-refractivity contribution in [3.8, 4) is 0 Å². The Kier molecular flexibility index (Phi) is 5.35. The molecule has 7 nitrogen and oxygen atoms in total. The van der Waals surface area contributed by atoms with E-state index in [0.29, 0.717) is 13.1 Å². The van der Waals surface area contributed by atoms with Gasteiger partial charge in [0.1, 0.15) is 0 Å². The van der Waals surface area contributed by atoms with Crippen LogP contribution in [-0.4, -0.2) is 49.5 Å². The molecule has 1 fully saturated rings. The normalized spacial score (nSPS) is 20.5. The van der Waals surface area contributed by atoms with Gasteiger partial charge in [-0.3, -0.25) is 9.13 Å². The van der Waals surface area contributed by atoms with Gasteiger partial charge in [0.05, 0.1) is 0 Å². The van der Waals surface area contributed by atoms with E-state index in [9.17, 15) is 9.13 Å². The van der Waals surface area contributed by atoms with Gasteiger partial charge >= 0.3 is 15.2 Å². The quantitative estimate of drug-likeness (QED) is 0.557. The molecule has 0 spiro atoms. The van der Waals surface area contributed by atoms with E-state index in [-0.39, 0.29) is 6.54 Å². The van der Waals surface area contributed by atoms with Crippen LogP contribution >= 0.6 is 15.2 Å². The van der Waals surface area contributed by atoms with E-state index in [1.165, 1.54) is 0 Å². The SMILES string of the molecule is O=P(O)(O)C(CN1CCCCCC1)P(=O)(O)O. The van der Waals surface area contributed by atoms with Gasteiger partial charge in [-0.25, -0.2) is 0 Å². The molecule has 1 aliphatic rings. The molecule has 0 aromatic heterocycles. The molecule has 1 saturated heterocycles. The third-order valence-corrected chi connectivity index (χ3v) is 6.58. The Labute approximate surface area is 100 Å². The Morgan fingerprint density at radius 1 is 0.882 bits per heavy atom. The summed E-state index contributed by atoms with van der Waals surface area (Å²) in [5, 5.41) is -1.90. The van der Waals surface area contributed by atoms with E-state index >= 15 is 0 Å². The second kappa shape index (κ2) is 5.93. The maximum atomic E-state index is 11.1. The van der Waals surface area contributed by atoms with Crippen molar-refractivity contribution in [1.29, 1.82) is 0 Å². The van der Waals surface area contributed by atoms with E-state index in [2.05, 4.69) is 0 Å². The first kappa shape index (κ1) is 15.3. The Bertz CT molecular complexity index is 307. The van der Waals surface area contributed by atoms with Gasteiger partial charge in [-0.1, -0.05) is 12.8 Å². The summed E-state index contributed by atoms with van der Waals surface area (Å²) in [6.45, 7) is 1.03. The van der Waals surface area contributed by atoms with Crippen LogP contribution in [0.4, 0.5) is 0 Å². The molecule has 0 amide bonds. The summed E-state index contributed by atoms with van der Waals surface area (Å²) in [5.41, 5.74) is 0. The molecule has 1 aliphatic heterocycles. The molecule has 0 unspecified atom stereocenters. The highest BCUT2D eigenvalue weighted by molar-refractivity contribution is 7.70. The summed E-state index contributed by atoms with van der Waals surface area (Å²) in [6.07, 6.45) is 3.89. The van der Waals surface area contributed by atoms with Crippen molar-refractivity contribution < 1.29 is 28.7 Å². The van der Waals surface area contributed by atoms with Crippen LogP contribution in [0.5, 0.6) is 0 Å². The molecule has 0 atom stereocenters. The molecular formula is C8H19NO6P2. The maximum Gasteiger partial charge on any atom is 0.342 e. The van der Waals surface area contributed by atoms with Crippen molar-refractivity contribution >= 4 is 15.2 Å². The summed E-state index contributed by atoms with van der Waals surface area (Å²) in [6, 6.07) is 0. The minimum atomic E-state index is -4.78. The molecule has 1 heterocycles. The Hall–Kier alpha value is 0.260. The van der Waals surface area contributed by atoms with E-state index in [1.807, 2.05) is 0 Å². The van der Waals surface area contributed by atoms with Crippen molar-refractivity contribution in [3.63, 3.8) is 0 Å². The fourth-order valence-electron chi connectivity index (χ4n) is 1.96. The van der Waals surface area contributed by atoms with Crippen LogP contribution in [0, 0.1) is 0 Å². The average Bonchev–Trinajstić information content (AvgIpc) is 2.38. The van der Waals surface area contributed by atoms with Crippen molar-refractivity contribution in [2.24, 2.45) is 0 Å². The first-order chi connectivity index (χ1) is 7.71. The lowest BCUT2D eigenvalue weighted by atomic mass is 10.2. The van der Waals surface area contributed by atoms with Gasteiger partial charge in [0, 0.05) is 6.54 Å². The van der Waals surface area contributed by atoms with E-state index in [0.717, 1.165) is 25.7 Å². The topological polar surface area (TPSA) is 118 Å². The van der Waals surface area contributed by atoms with Gasteiger partial charge in [0.2, 0.25) is 0 Å². The van der Waals surface area contributed by atoms with Crippen LogP contribution in [-0.2, 0) is 9.13 Å². The fraction of sp³-hybridized carbons (Fsp3) is 1.00. The number of nitrogens with zero attached hydrogens (tertiary/aromatic N) is 1. The molecule has 0 aliphatic carbocycles. The Balaban J connectivity index is 2.72. The van der Waals surface area contributed by atoms with Crippen LogP contribution in [0.15, 0.2) is 0 Å². The monoisotopic (exact) mass is 287 g/mol. The van der Waals surface area contributed by atoms with Crippen molar-refractivity contribution in [2.75, 3.05) is 19.6 Å². The molecule has 1 rings (SSSR count). The van der Waals surface area contributed by atoms with Gasteiger partial charge in [-0.2, -0.15) is 0 Å². The standard InChI is InChI=1S/C8H19NO6P2/c10-16(11,12)8(17(13,14)15)7-9-5-3-1-2-4-6-9/h8H,1-7H2,(H2,10,11,12)(H2,13,14,15). The van der Waals surface area contributed by atoms with Crippen LogP contribution < -0.4 is 0 Å². The van der Waals surface area contributed by atoms with Crippen LogP contribution in [0.2, 0.25) is 0 Å². The minimum Gasteiger partial charge on any atom is -0.324 e. The zero-order valence-corrected chi connectivity index (χ0v) is 11.3. The highest BCUT2D eigenvalue weighted by atomic mass is 31.2. The fourth-order valence-corrected chi connectivity index (χ4v) is 4.41. The Morgan fingerprint density at radius 3 is 1.65 bits per heavy atom. The van der Waals surface area contributed by atoms with Crippen LogP contribution in [0.25, 0.3) is 0 Å². The van der Waals surface area contributed by atoms with Gasteiger partial charge in [-0.05, 0) is 25.9 Å². The predicted molar refractivity (Wildman–Crippen MR) is 62.8 cm³/mol. The van der Waals surface area contributed by atoms with Crippen LogP contribution in [0.3, 0.4) is 0 Å². The van der Waals surface area contributed by atoms with Crippen LogP contribution in [0.1, 0.15) is 25.7 Å². The minimum absolute atomic E-state index is 0.242.